The van der Waals surface area contributed by atoms with Crippen molar-refractivity contribution in [3.8, 4) is 11.5 Å². The molecule has 3 aromatic rings. The van der Waals surface area contributed by atoms with Gasteiger partial charge in [-0.15, -0.1) is 11.3 Å². The molecule has 0 bridgehead atoms. The lowest BCUT2D eigenvalue weighted by Gasteiger charge is -2.25. The van der Waals surface area contributed by atoms with Gasteiger partial charge in [0.15, 0.2) is 0 Å². The molecule has 160 valence electrons. The fraction of sp³-hybridized carbons (Fsp3) is 0.318. The number of nitrogens with zero attached hydrogens (tertiary/aromatic N) is 2. The first-order valence-corrected chi connectivity index (χ1v) is 11.9. The van der Waals surface area contributed by atoms with Crippen molar-refractivity contribution in [2.24, 2.45) is 0 Å². The zero-order valence-electron chi connectivity index (χ0n) is 17.5. The summed E-state index contributed by atoms with van der Waals surface area (Å²) in [6.45, 7) is 6.27. The molecule has 0 atom stereocenters. The van der Waals surface area contributed by atoms with Crippen molar-refractivity contribution in [1.82, 2.24) is 9.29 Å². The first kappa shape index (κ1) is 22.3. The van der Waals surface area contributed by atoms with E-state index in [2.05, 4.69) is 4.98 Å². The standard InChI is InChI=1S/C22H26N2O4S2/c1-16(2)24(30(25,26)21-10-8-19(27-4)9-11-21)13-18-15-29-22(23-18)14-28-20-7-5-6-17(3)12-20/h5-12,15-16H,13-14H2,1-4H3. The zero-order valence-corrected chi connectivity index (χ0v) is 19.2. The molecule has 0 radical (unpaired) electrons. The van der Waals surface area contributed by atoms with Crippen molar-refractivity contribution in [2.75, 3.05) is 7.11 Å². The molecule has 0 aliphatic heterocycles. The van der Waals surface area contributed by atoms with Crippen molar-refractivity contribution < 1.29 is 17.9 Å². The Labute approximate surface area is 182 Å². The van der Waals surface area contributed by atoms with Gasteiger partial charge in [0.25, 0.3) is 0 Å². The summed E-state index contributed by atoms with van der Waals surface area (Å²) in [5.74, 6) is 1.40. The van der Waals surface area contributed by atoms with Gasteiger partial charge in [0.05, 0.1) is 24.2 Å². The second-order valence-electron chi connectivity index (χ2n) is 7.16. The molecule has 2 aromatic carbocycles. The van der Waals surface area contributed by atoms with E-state index >= 15 is 0 Å². The van der Waals surface area contributed by atoms with E-state index < -0.39 is 10.0 Å². The summed E-state index contributed by atoms with van der Waals surface area (Å²) in [5.41, 5.74) is 1.83. The monoisotopic (exact) mass is 446 g/mol. The van der Waals surface area contributed by atoms with Crippen LogP contribution in [0.4, 0.5) is 0 Å². The van der Waals surface area contributed by atoms with Crippen LogP contribution in [0.25, 0.3) is 0 Å². The van der Waals surface area contributed by atoms with Crippen LogP contribution in [0.5, 0.6) is 11.5 Å². The van der Waals surface area contributed by atoms with Gasteiger partial charge in [-0.2, -0.15) is 4.31 Å². The number of ether oxygens (including phenoxy) is 2. The van der Waals surface area contributed by atoms with Gasteiger partial charge in [0, 0.05) is 11.4 Å². The Bertz CT molecular complexity index is 1080. The number of methoxy groups -OCH3 is 1. The molecule has 0 saturated heterocycles. The molecule has 0 saturated carbocycles. The smallest absolute Gasteiger partial charge is 0.243 e. The molecule has 1 heterocycles. The fourth-order valence-corrected chi connectivity index (χ4v) is 5.23. The van der Waals surface area contributed by atoms with Crippen LogP contribution in [0.1, 0.15) is 30.1 Å². The van der Waals surface area contributed by atoms with E-state index in [9.17, 15) is 8.42 Å². The molecule has 3 rings (SSSR count). The highest BCUT2D eigenvalue weighted by Crippen LogP contribution is 2.24. The topological polar surface area (TPSA) is 68.7 Å². The lowest BCUT2D eigenvalue weighted by atomic mass is 10.2. The predicted octanol–water partition coefficient (Wildman–Crippen LogP) is 4.64. The van der Waals surface area contributed by atoms with Crippen LogP contribution >= 0.6 is 11.3 Å². The molecular weight excluding hydrogens is 420 g/mol. The van der Waals surface area contributed by atoms with Crippen molar-refractivity contribution in [3.05, 3.63) is 70.2 Å². The Hall–Kier alpha value is -2.42. The van der Waals surface area contributed by atoms with Gasteiger partial charge in [-0.1, -0.05) is 12.1 Å². The van der Waals surface area contributed by atoms with Crippen LogP contribution in [0.2, 0.25) is 0 Å². The maximum Gasteiger partial charge on any atom is 0.243 e. The lowest BCUT2D eigenvalue weighted by Crippen LogP contribution is -2.36. The minimum Gasteiger partial charge on any atom is -0.497 e. The van der Waals surface area contributed by atoms with Crippen LogP contribution in [-0.2, 0) is 23.2 Å². The largest absolute Gasteiger partial charge is 0.497 e. The summed E-state index contributed by atoms with van der Waals surface area (Å²) in [6, 6.07) is 14.0. The summed E-state index contributed by atoms with van der Waals surface area (Å²) in [7, 11) is -2.12. The first-order valence-electron chi connectivity index (χ1n) is 9.58. The number of rotatable bonds is 9. The van der Waals surface area contributed by atoms with Crippen LogP contribution in [-0.4, -0.2) is 30.9 Å². The highest BCUT2D eigenvalue weighted by atomic mass is 32.2. The third-order valence-electron chi connectivity index (χ3n) is 4.51. The number of thiazole rings is 1. The Balaban J connectivity index is 1.72. The van der Waals surface area contributed by atoms with Crippen LogP contribution in [0.15, 0.2) is 58.8 Å². The average Bonchev–Trinajstić information content (AvgIpc) is 3.18. The minimum atomic E-state index is -3.66. The molecule has 1 aromatic heterocycles. The Morgan fingerprint density at radius 3 is 2.47 bits per heavy atom. The summed E-state index contributed by atoms with van der Waals surface area (Å²) >= 11 is 1.46. The van der Waals surface area contributed by atoms with E-state index in [1.54, 1.807) is 31.4 Å². The molecule has 0 aliphatic carbocycles. The second kappa shape index (κ2) is 9.59. The normalized spacial score (nSPS) is 11.8. The van der Waals surface area contributed by atoms with Crippen molar-refractivity contribution in [3.63, 3.8) is 0 Å². The van der Waals surface area contributed by atoms with Gasteiger partial charge in [0.1, 0.15) is 23.1 Å². The molecular formula is C22H26N2O4S2. The zero-order chi connectivity index (χ0) is 21.7. The van der Waals surface area contributed by atoms with Gasteiger partial charge in [-0.25, -0.2) is 13.4 Å². The highest BCUT2D eigenvalue weighted by molar-refractivity contribution is 7.89. The number of hydrogen-bond donors (Lipinski definition) is 0. The third kappa shape index (κ3) is 5.38. The molecule has 8 heteroatoms. The maximum atomic E-state index is 13.2. The fourth-order valence-electron chi connectivity index (χ4n) is 2.93. The molecule has 6 nitrogen and oxygen atoms in total. The van der Waals surface area contributed by atoms with Gasteiger partial charge < -0.3 is 9.47 Å². The highest BCUT2D eigenvalue weighted by Gasteiger charge is 2.28. The Morgan fingerprint density at radius 1 is 1.10 bits per heavy atom. The van der Waals surface area contributed by atoms with E-state index in [1.807, 2.05) is 50.4 Å². The molecule has 0 spiro atoms. The minimum absolute atomic E-state index is 0.201. The first-order chi connectivity index (χ1) is 14.3. The average molecular weight is 447 g/mol. The van der Waals surface area contributed by atoms with E-state index in [1.165, 1.54) is 15.6 Å². The predicted molar refractivity (Wildman–Crippen MR) is 118 cm³/mol. The SMILES string of the molecule is COc1ccc(S(=O)(=O)N(Cc2csc(COc3cccc(C)c3)n2)C(C)C)cc1. The van der Waals surface area contributed by atoms with E-state index in [4.69, 9.17) is 9.47 Å². The number of hydrogen-bond acceptors (Lipinski definition) is 6. The Morgan fingerprint density at radius 2 is 1.83 bits per heavy atom. The number of aryl methyl sites for hydroxylation is 1. The third-order valence-corrected chi connectivity index (χ3v) is 7.42. The molecule has 0 unspecified atom stereocenters. The van der Waals surface area contributed by atoms with E-state index in [-0.39, 0.29) is 17.5 Å². The molecule has 0 N–H and O–H groups in total. The van der Waals surface area contributed by atoms with Gasteiger partial charge in [0.2, 0.25) is 10.0 Å². The quantitative estimate of drug-likeness (QED) is 0.479. The maximum absolute atomic E-state index is 13.2. The lowest BCUT2D eigenvalue weighted by molar-refractivity contribution is 0.304. The van der Waals surface area contributed by atoms with Crippen LogP contribution < -0.4 is 9.47 Å². The van der Waals surface area contributed by atoms with Crippen LogP contribution in [0.3, 0.4) is 0 Å². The summed E-state index contributed by atoms with van der Waals surface area (Å²) in [4.78, 5) is 4.80. The van der Waals surface area contributed by atoms with Crippen LogP contribution in [0, 0.1) is 6.92 Å². The number of benzene rings is 2. The van der Waals surface area contributed by atoms with E-state index in [0.717, 1.165) is 16.3 Å². The number of aromatic nitrogens is 1. The second-order valence-corrected chi connectivity index (χ2v) is 9.99. The van der Waals surface area contributed by atoms with Crippen molar-refractivity contribution >= 4 is 21.4 Å². The van der Waals surface area contributed by atoms with Gasteiger partial charge >= 0.3 is 0 Å². The van der Waals surface area contributed by atoms with E-state index in [0.29, 0.717) is 18.1 Å². The summed E-state index contributed by atoms with van der Waals surface area (Å²) < 4.78 is 38.7. The molecule has 0 aliphatic rings. The van der Waals surface area contributed by atoms with Gasteiger partial charge in [-0.05, 0) is 62.7 Å². The summed E-state index contributed by atoms with van der Waals surface area (Å²) in [6.07, 6.45) is 0. The van der Waals surface area contributed by atoms with Crippen molar-refractivity contribution in [1.29, 1.82) is 0 Å². The van der Waals surface area contributed by atoms with Gasteiger partial charge in [-0.3, -0.25) is 0 Å². The molecule has 0 amide bonds. The number of sulfonamides is 1. The Kier molecular flexibility index (Phi) is 7.12. The molecule has 30 heavy (non-hydrogen) atoms. The molecule has 0 fully saturated rings. The van der Waals surface area contributed by atoms with Crippen molar-refractivity contribution in [2.45, 2.75) is 44.9 Å². The summed E-state index contributed by atoms with van der Waals surface area (Å²) in [5, 5.41) is 2.69.